The van der Waals surface area contributed by atoms with Gasteiger partial charge in [0.05, 0.1) is 32.6 Å². The number of hydrogen-bond acceptors (Lipinski definition) is 6. The highest BCUT2D eigenvalue weighted by atomic mass is 16.7. The van der Waals surface area contributed by atoms with Crippen LogP contribution in [0, 0.1) is 0 Å². The monoisotopic (exact) mass is 445 g/mol. The Morgan fingerprint density at radius 1 is 1.06 bits per heavy atom. The number of aromatic nitrogens is 1. The second kappa shape index (κ2) is 9.21. The van der Waals surface area contributed by atoms with Crippen LogP contribution in [0.25, 0.3) is 0 Å². The van der Waals surface area contributed by atoms with E-state index in [-0.39, 0.29) is 5.91 Å². The number of anilines is 3. The largest absolute Gasteiger partial charge is 0.495 e. The van der Waals surface area contributed by atoms with Crippen molar-refractivity contribution in [1.82, 2.24) is 4.98 Å². The summed E-state index contributed by atoms with van der Waals surface area (Å²) in [4.78, 5) is 21.5. The van der Waals surface area contributed by atoms with Crippen LogP contribution in [0.15, 0.2) is 60.8 Å². The number of rotatable bonds is 6. The van der Waals surface area contributed by atoms with Gasteiger partial charge in [0.1, 0.15) is 11.6 Å². The fraction of sp³-hybridized carbons (Fsp3) is 0.308. The summed E-state index contributed by atoms with van der Waals surface area (Å²) in [5.41, 5.74) is 4.83. The van der Waals surface area contributed by atoms with E-state index >= 15 is 0 Å². The van der Waals surface area contributed by atoms with Gasteiger partial charge in [0.15, 0.2) is 6.29 Å². The molecule has 0 atom stereocenters. The maximum Gasteiger partial charge on any atom is 0.227 e. The van der Waals surface area contributed by atoms with Crippen LogP contribution < -0.4 is 14.5 Å². The minimum atomic E-state index is -0.394. The van der Waals surface area contributed by atoms with Gasteiger partial charge in [0.2, 0.25) is 5.91 Å². The standard InChI is InChI=1S/C26H27N3O4/c1-28(19-6-4-3-5-7-19)23-12-8-18(16-27-23)17-29-24(30)13-10-20-21(26-32-14-15-33-26)9-11-22(31-2)25(20)29/h3-9,11-12,16,26H,10,13-15,17H2,1-2H3. The molecule has 7 nitrogen and oxygen atoms in total. The molecule has 5 rings (SSSR count). The Kier molecular flexibility index (Phi) is 5.98. The van der Waals surface area contributed by atoms with E-state index < -0.39 is 6.29 Å². The lowest BCUT2D eigenvalue weighted by atomic mass is 9.94. The van der Waals surface area contributed by atoms with Crippen molar-refractivity contribution in [3.63, 3.8) is 0 Å². The quantitative estimate of drug-likeness (QED) is 0.561. The number of carbonyl (C=O) groups excluding carboxylic acids is 1. The van der Waals surface area contributed by atoms with Gasteiger partial charge in [0, 0.05) is 30.9 Å². The summed E-state index contributed by atoms with van der Waals surface area (Å²) in [6.45, 7) is 1.56. The van der Waals surface area contributed by atoms with Crippen molar-refractivity contribution < 1.29 is 19.0 Å². The molecule has 33 heavy (non-hydrogen) atoms. The maximum absolute atomic E-state index is 13.0. The van der Waals surface area contributed by atoms with Crippen LogP contribution >= 0.6 is 0 Å². The molecule has 0 aliphatic carbocycles. The molecule has 7 heteroatoms. The summed E-state index contributed by atoms with van der Waals surface area (Å²) in [5, 5.41) is 0. The Labute approximate surface area is 193 Å². The molecule has 3 aromatic rings. The lowest BCUT2D eigenvalue weighted by Crippen LogP contribution is -2.35. The molecular formula is C26H27N3O4. The van der Waals surface area contributed by atoms with E-state index in [0.717, 1.165) is 33.9 Å². The van der Waals surface area contributed by atoms with E-state index in [1.165, 1.54) is 0 Å². The zero-order valence-electron chi connectivity index (χ0n) is 18.9. The van der Waals surface area contributed by atoms with Gasteiger partial charge in [-0.1, -0.05) is 24.3 Å². The van der Waals surface area contributed by atoms with Crippen LogP contribution in [0.4, 0.5) is 17.2 Å². The highest BCUT2D eigenvalue weighted by Crippen LogP contribution is 2.42. The highest BCUT2D eigenvalue weighted by molar-refractivity contribution is 5.98. The van der Waals surface area contributed by atoms with Crippen molar-refractivity contribution >= 4 is 23.1 Å². The molecule has 0 radical (unpaired) electrons. The number of nitrogens with zero attached hydrogens (tertiary/aromatic N) is 3. The van der Waals surface area contributed by atoms with Crippen molar-refractivity contribution in [1.29, 1.82) is 0 Å². The number of pyridine rings is 1. The molecule has 2 aromatic carbocycles. The smallest absolute Gasteiger partial charge is 0.227 e. The molecule has 1 amide bonds. The Balaban J connectivity index is 1.43. The van der Waals surface area contributed by atoms with Crippen LogP contribution in [0.5, 0.6) is 5.75 Å². The van der Waals surface area contributed by atoms with Crippen LogP contribution in [0.3, 0.4) is 0 Å². The number of para-hydroxylation sites is 1. The molecule has 0 unspecified atom stereocenters. The Morgan fingerprint density at radius 3 is 2.55 bits per heavy atom. The van der Waals surface area contributed by atoms with Crippen molar-refractivity contribution in [3.8, 4) is 5.75 Å². The third-order valence-corrected chi connectivity index (χ3v) is 6.17. The predicted molar refractivity (Wildman–Crippen MR) is 126 cm³/mol. The lowest BCUT2D eigenvalue weighted by molar-refractivity contribution is -0.119. The minimum absolute atomic E-state index is 0.0664. The zero-order chi connectivity index (χ0) is 22.8. The number of carbonyl (C=O) groups is 1. The molecule has 3 heterocycles. The van der Waals surface area contributed by atoms with Gasteiger partial charge in [-0.2, -0.15) is 0 Å². The van der Waals surface area contributed by atoms with Gasteiger partial charge in [-0.3, -0.25) is 4.79 Å². The first-order valence-corrected chi connectivity index (χ1v) is 11.1. The SMILES string of the molecule is COc1ccc(C2OCCO2)c2c1N(Cc1ccc(N(C)c3ccccc3)nc1)C(=O)CC2. The molecule has 1 saturated heterocycles. The van der Waals surface area contributed by atoms with Gasteiger partial charge in [-0.25, -0.2) is 4.98 Å². The third kappa shape index (κ3) is 4.17. The van der Waals surface area contributed by atoms with Gasteiger partial charge >= 0.3 is 0 Å². The van der Waals surface area contributed by atoms with E-state index in [1.54, 1.807) is 12.0 Å². The van der Waals surface area contributed by atoms with E-state index in [2.05, 4.69) is 4.98 Å². The molecule has 0 saturated carbocycles. The second-order valence-electron chi connectivity index (χ2n) is 8.16. The van der Waals surface area contributed by atoms with E-state index in [9.17, 15) is 4.79 Å². The minimum Gasteiger partial charge on any atom is -0.495 e. The van der Waals surface area contributed by atoms with E-state index in [4.69, 9.17) is 14.2 Å². The fourth-order valence-electron chi connectivity index (χ4n) is 4.45. The van der Waals surface area contributed by atoms with Crippen molar-refractivity contribution in [3.05, 3.63) is 77.5 Å². The topological polar surface area (TPSA) is 64.1 Å². The van der Waals surface area contributed by atoms with E-state index in [0.29, 0.717) is 38.3 Å². The summed E-state index contributed by atoms with van der Waals surface area (Å²) in [5.74, 6) is 1.58. The Bertz CT molecular complexity index is 1130. The molecule has 0 bridgehead atoms. The van der Waals surface area contributed by atoms with Crippen LogP contribution in [-0.4, -0.2) is 38.3 Å². The van der Waals surface area contributed by atoms with E-state index in [1.807, 2.05) is 72.7 Å². The van der Waals surface area contributed by atoms with Crippen LogP contribution in [0.1, 0.15) is 29.4 Å². The van der Waals surface area contributed by atoms with Crippen molar-refractivity contribution in [2.24, 2.45) is 0 Å². The zero-order valence-corrected chi connectivity index (χ0v) is 18.9. The van der Waals surface area contributed by atoms with Crippen LogP contribution in [-0.2, 0) is 27.2 Å². The number of hydrogen-bond donors (Lipinski definition) is 0. The van der Waals surface area contributed by atoms with Gasteiger partial charge in [-0.05, 0) is 47.9 Å². The average Bonchev–Trinajstić information content (AvgIpc) is 3.40. The first-order valence-electron chi connectivity index (χ1n) is 11.1. The van der Waals surface area contributed by atoms with Crippen LogP contribution in [0.2, 0.25) is 0 Å². The van der Waals surface area contributed by atoms with Gasteiger partial charge in [0.25, 0.3) is 0 Å². The number of amides is 1. The molecule has 0 spiro atoms. The molecule has 2 aliphatic rings. The third-order valence-electron chi connectivity index (χ3n) is 6.17. The predicted octanol–water partition coefficient (Wildman–Crippen LogP) is 4.38. The summed E-state index contributed by atoms with van der Waals surface area (Å²) in [7, 11) is 3.62. The second-order valence-corrected chi connectivity index (χ2v) is 8.16. The number of benzene rings is 2. The molecule has 170 valence electrons. The number of fused-ring (bicyclic) bond motifs is 1. The molecular weight excluding hydrogens is 418 g/mol. The van der Waals surface area contributed by atoms with Crippen molar-refractivity contribution in [2.45, 2.75) is 25.7 Å². The first-order chi connectivity index (χ1) is 16.2. The number of methoxy groups -OCH3 is 1. The average molecular weight is 446 g/mol. The lowest BCUT2D eigenvalue weighted by Gasteiger charge is -2.33. The Hall–Kier alpha value is -3.42. The molecule has 2 aliphatic heterocycles. The highest BCUT2D eigenvalue weighted by Gasteiger charge is 2.32. The molecule has 1 fully saturated rings. The summed E-state index contributed by atoms with van der Waals surface area (Å²) < 4.78 is 17.1. The van der Waals surface area contributed by atoms with Gasteiger partial charge < -0.3 is 24.0 Å². The molecule has 0 N–H and O–H groups in total. The summed E-state index contributed by atoms with van der Waals surface area (Å²) in [6.07, 6.45) is 2.51. The fourth-order valence-corrected chi connectivity index (χ4v) is 4.45. The molecule has 1 aromatic heterocycles. The summed E-state index contributed by atoms with van der Waals surface area (Å²) in [6, 6.07) is 18.0. The first kappa shape index (κ1) is 21.4. The normalized spacial score (nSPS) is 16.1. The number of ether oxygens (including phenoxy) is 3. The van der Waals surface area contributed by atoms with Gasteiger partial charge in [-0.15, -0.1) is 0 Å². The van der Waals surface area contributed by atoms with Crippen molar-refractivity contribution in [2.75, 3.05) is 37.2 Å². The Morgan fingerprint density at radius 2 is 1.85 bits per heavy atom. The summed E-state index contributed by atoms with van der Waals surface area (Å²) >= 11 is 0. The maximum atomic E-state index is 13.0.